The van der Waals surface area contributed by atoms with E-state index in [0.29, 0.717) is 6.61 Å². The molecule has 0 heterocycles. The van der Waals surface area contributed by atoms with Gasteiger partial charge >= 0.3 is 6.09 Å². The lowest BCUT2D eigenvalue weighted by Crippen LogP contribution is -2.49. The fourth-order valence-corrected chi connectivity index (χ4v) is 1.97. The fourth-order valence-electron chi connectivity index (χ4n) is 1.97. The highest BCUT2D eigenvalue weighted by Gasteiger charge is 2.31. The number of ether oxygens (including phenoxy) is 1. The predicted octanol–water partition coefficient (Wildman–Crippen LogP) is 2.29. The van der Waals surface area contributed by atoms with Crippen LogP contribution in [0, 0.1) is 0 Å². The first-order chi connectivity index (χ1) is 7.72. The maximum Gasteiger partial charge on any atom is 0.406 e. The second-order valence-electron chi connectivity index (χ2n) is 3.92. The van der Waals surface area contributed by atoms with Gasteiger partial charge in [0.05, 0.1) is 5.54 Å². The van der Waals surface area contributed by atoms with Crippen LogP contribution in [0.15, 0.2) is 0 Å². The Morgan fingerprint density at radius 2 is 1.75 bits per heavy atom. The number of nitrogens with one attached hydrogen (secondary N) is 2. The first-order valence-electron chi connectivity index (χ1n) is 6.26. The summed E-state index contributed by atoms with van der Waals surface area (Å²) in [7, 11) is 3.52. The van der Waals surface area contributed by atoms with Crippen molar-refractivity contribution >= 4 is 6.09 Å². The topological polar surface area (TPSA) is 50.4 Å². The third kappa shape index (κ3) is 4.84. The van der Waals surface area contributed by atoms with Crippen LogP contribution >= 0.6 is 0 Å². The van der Waals surface area contributed by atoms with Crippen molar-refractivity contribution in [2.75, 3.05) is 20.7 Å². The van der Waals surface area contributed by atoms with Crippen molar-refractivity contribution in [3.05, 3.63) is 0 Å². The summed E-state index contributed by atoms with van der Waals surface area (Å²) in [6.07, 6.45) is 5.59. The zero-order chi connectivity index (χ0) is 12.4. The standard InChI is InChI=1S/C10H20N2O2.C2H6/c1-11-9(13)14-8-10(12-2)6-4-3-5-7-10;1-2/h12H,3-8H2,1-2H3,(H,11,13);1-2H3. The number of hydrogen-bond acceptors (Lipinski definition) is 3. The van der Waals surface area contributed by atoms with E-state index in [1.54, 1.807) is 7.05 Å². The molecule has 96 valence electrons. The monoisotopic (exact) mass is 230 g/mol. The lowest BCUT2D eigenvalue weighted by atomic mass is 9.82. The van der Waals surface area contributed by atoms with E-state index in [0.717, 1.165) is 12.8 Å². The molecule has 1 aliphatic carbocycles. The zero-order valence-corrected chi connectivity index (χ0v) is 11.1. The number of amides is 1. The molecule has 0 unspecified atom stereocenters. The van der Waals surface area contributed by atoms with Crippen LogP contribution in [0.4, 0.5) is 4.79 Å². The fraction of sp³-hybridized carbons (Fsp3) is 0.917. The van der Waals surface area contributed by atoms with E-state index >= 15 is 0 Å². The Hall–Kier alpha value is -0.770. The molecule has 1 saturated carbocycles. The van der Waals surface area contributed by atoms with E-state index in [-0.39, 0.29) is 11.6 Å². The SMILES string of the molecule is CC.CNC(=O)OCC1(NC)CCCCC1. The molecule has 16 heavy (non-hydrogen) atoms. The van der Waals surface area contributed by atoms with E-state index in [2.05, 4.69) is 10.6 Å². The summed E-state index contributed by atoms with van der Waals surface area (Å²) in [5, 5.41) is 5.75. The molecule has 1 rings (SSSR count). The molecule has 1 fully saturated rings. The molecule has 4 nitrogen and oxygen atoms in total. The van der Waals surface area contributed by atoms with Gasteiger partial charge in [0.15, 0.2) is 0 Å². The molecular formula is C12H26N2O2. The van der Waals surface area contributed by atoms with Crippen molar-refractivity contribution in [3.63, 3.8) is 0 Å². The molecule has 1 amide bonds. The van der Waals surface area contributed by atoms with Crippen molar-refractivity contribution in [2.24, 2.45) is 0 Å². The third-order valence-corrected chi connectivity index (χ3v) is 3.02. The molecule has 0 spiro atoms. The Kier molecular flexibility index (Phi) is 7.99. The van der Waals surface area contributed by atoms with Crippen molar-refractivity contribution in [2.45, 2.75) is 51.5 Å². The molecule has 0 radical (unpaired) electrons. The maximum atomic E-state index is 11.0. The molecule has 0 aromatic carbocycles. The molecule has 0 aromatic rings. The molecule has 0 bridgehead atoms. The minimum absolute atomic E-state index is 0.0186. The van der Waals surface area contributed by atoms with Gasteiger partial charge in [0.1, 0.15) is 6.61 Å². The summed E-state index contributed by atoms with van der Waals surface area (Å²) in [6, 6.07) is 0. The molecule has 4 heteroatoms. The van der Waals surface area contributed by atoms with Crippen LogP contribution in [0.5, 0.6) is 0 Å². The predicted molar refractivity (Wildman–Crippen MR) is 66.6 cm³/mol. The van der Waals surface area contributed by atoms with Gasteiger partial charge in [0.25, 0.3) is 0 Å². The summed E-state index contributed by atoms with van der Waals surface area (Å²) in [4.78, 5) is 11.0. The van der Waals surface area contributed by atoms with Gasteiger partial charge in [-0.3, -0.25) is 0 Å². The summed E-state index contributed by atoms with van der Waals surface area (Å²) >= 11 is 0. The minimum Gasteiger partial charge on any atom is -0.448 e. The van der Waals surface area contributed by atoms with E-state index in [1.807, 2.05) is 20.9 Å². The van der Waals surface area contributed by atoms with Crippen LogP contribution < -0.4 is 10.6 Å². The highest BCUT2D eigenvalue weighted by atomic mass is 16.5. The highest BCUT2D eigenvalue weighted by Crippen LogP contribution is 2.27. The van der Waals surface area contributed by atoms with Crippen LogP contribution in [0.3, 0.4) is 0 Å². The number of likely N-dealkylation sites (N-methyl/N-ethyl adjacent to an activating group) is 1. The lowest BCUT2D eigenvalue weighted by molar-refractivity contribution is 0.0882. The Morgan fingerprint density at radius 1 is 1.19 bits per heavy atom. The second kappa shape index (κ2) is 8.39. The molecule has 0 atom stereocenters. The Bertz CT molecular complexity index is 189. The van der Waals surface area contributed by atoms with Crippen LogP contribution in [0.1, 0.15) is 46.0 Å². The van der Waals surface area contributed by atoms with Gasteiger partial charge in [0.2, 0.25) is 0 Å². The van der Waals surface area contributed by atoms with Crippen LogP contribution in [-0.2, 0) is 4.74 Å². The molecule has 1 aliphatic rings. The minimum atomic E-state index is -0.342. The molecule has 0 aliphatic heterocycles. The van der Waals surface area contributed by atoms with E-state index in [1.165, 1.54) is 19.3 Å². The average Bonchev–Trinajstić information content (AvgIpc) is 2.39. The normalized spacial score (nSPS) is 18.0. The number of carbonyl (C=O) groups excluding carboxylic acids is 1. The zero-order valence-electron chi connectivity index (χ0n) is 11.1. The van der Waals surface area contributed by atoms with Gasteiger partial charge in [0, 0.05) is 7.05 Å². The Morgan fingerprint density at radius 3 is 2.19 bits per heavy atom. The highest BCUT2D eigenvalue weighted by molar-refractivity contribution is 5.66. The van der Waals surface area contributed by atoms with Crippen molar-refractivity contribution < 1.29 is 9.53 Å². The van der Waals surface area contributed by atoms with Gasteiger partial charge in [-0.05, 0) is 19.9 Å². The van der Waals surface area contributed by atoms with Gasteiger partial charge in [-0.15, -0.1) is 0 Å². The third-order valence-electron chi connectivity index (χ3n) is 3.02. The van der Waals surface area contributed by atoms with Crippen LogP contribution in [0.25, 0.3) is 0 Å². The number of carbonyl (C=O) groups is 1. The molecule has 0 aromatic heterocycles. The smallest absolute Gasteiger partial charge is 0.406 e. The van der Waals surface area contributed by atoms with Crippen LogP contribution in [0.2, 0.25) is 0 Å². The van der Waals surface area contributed by atoms with Crippen molar-refractivity contribution in [1.82, 2.24) is 10.6 Å². The molecule has 0 saturated heterocycles. The Labute approximate surface area is 99.1 Å². The summed E-state index contributed by atoms with van der Waals surface area (Å²) < 4.78 is 5.11. The van der Waals surface area contributed by atoms with Gasteiger partial charge < -0.3 is 15.4 Å². The quantitative estimate of drug-likeness (QED) is 0.782. The van der Waals surface area contributed by atoms with Crippen molar-refractivity contribution in [3.8, 4) is 0 Å². The lowest BCUT2D eigenvalue weighted by Gasteiger charge is -2.36. The number of rotatable bonds is 3. The summed E-state index contributed by atoms with van der Waals surface area (Å²) in [5.74, 6) is 0. The largest absolute Gasteiger partial charge is 0.448 e. The Balaban J connectivity index is 0.00000106. The van der Waals surface area contributed by atoms with Gasteiger partial charge in [-0.25, -0.2) is 4.79 Å². The van der Waals surface area contributed by atoms with Crippen molar-refractivity contribution in [1.29, 1.82) is 0 Å². The van der Waals surface area contributed by atoms with E-state index in [9.17, 15) is 4.79 Å². The number of hydrogen-bond donors (Lipinski definition) is 2. The van der Waals surface area contributed by atoms with Gasteiger partial charge in [-0.2, -0.15) is 0 Å². The average molecular weight is 230 g/mol. The first kappa shape index (κ1) is 15.2. The maximum absolute atomic E-state index is 11.0. The molecular weight excluding hydrogens is 204 g/mol. The number of alkyl carbamates (subject to hydrolysis) is 1. The van der Waals surface area contributed by atoms with E-state index < -0.39 is 0 Å². The second-order valence-corrected chi connectivity index (χ2v) is 3.92. The van der Waals surface area contributed by atoms with Gasteiger partial charge in [-0.1, -0.05) is 33.1 Å². The van der Waals surface area contributed by atoms with E-state index in [4.69, 9.17) is 4.74 Å². The summed E-state index contributed by atoms with van der Waals surface area (Å²) in [5.41, 5.74) is 0.0186. The van der Waals surface area contributed by atoms with Crippen LogP contribution in [-0.4, -0.2) is 32.3 Å². The summed E-state index contributed by atoms with van der Waals surface area (Å²) in [6.45, 7) is 4.48. The first-order valence-corrected chi connectivity index (χ1v) is 6.26. The molecule has 2 N–H and O–H groups in total.